The predicted octanol–water partition coefficient (Wildman–Crippen LogP) is 4.02. The van der Waals surface area contributed by atoms with Crippen LogP contribution in [-0.4, -0.2) is 26.2 Å². The molecular formula is C20H20O4. The van der Waals surface area contributed by atoms with Gasteiger partial charge in [0, 0.05) is 5.57 Å². The second-order valence-electron chi connectivity index (χ2n) is 5.39. The van der Waals surface area contributed by atoms with Crippen molar-refractivity contribution in [2.24, 2.45) is 0 Å². The summed E-state index contributed by atoms with van der Waals surface area (Å²) in [5.74, 6) is -0.780. The Bertz CT molecular complexity index is 803. The Balaban J connectivity index is 2.68. The van der Waals surface area contributed by atoms with Gasteiger partial charge in [-0.25, -0.2) is 9.59 Å². The van der Waals surface area contributed by atoms with Gasteiger partial charge in [-0.05, 0) is 48.2 Å². The smallest absolute Gasteiger partial charge is 0.338 e. The molecular weight excluding hydrogens is 304 g/mol. The maximum atomic E-state index is 12.1. The van der Waals surface area contributed by atoms with Crippen LogP contribution < -0.4 is 0 Å². The van der Waals surface area contributed by atoms with Crippen LogP contribution in [0.15, 0.2) is 48.0 Å². The van der Waals surface area contributed by atoms with Crippen molar-refractivity contribution in [3.63, 3.8) is 0 Å². The SMILES string of the molecule is COC(=O)/C(C)=C/c1c(C)cccc1-c1ccccc1C(=O)OC. The molecule has 0 bridgehead atoms. The van der Waals surface area contributed by atoms with Gasteiger partial charge in [-0.2, -0.15) is 0 Å². The van der Waals surface area contributed by atoms with Gasteiger partial charge < -0.3 is 9.47 Å². The molecule has 0 amide bonds. The van der Waals surface area contributed by atoms with Gasteiger partial charge in [0.05, 0.1) is 19.8 Å². The van der Waals surface area contributed by atoms with E-state index in [1.807, 2.05) is 37.3 Å². The number of benzene rings is 2. The summed E-state index contributed by atoms with van der Waals surface area (Å²) in [5.41, 5.74) is 4.46. The second-order valence-corrected chi connectivity index (χ2v) is 5.39. The molecule has 0 heterocycles. The summed E-state index contributed by atoms with van der Waals surface area (Å²) in [5, 5.41) is 0. The Kier molecular flexibility index (Phi) is 5.53. The zero-order valence-corrected chi connectivity index (χ0v) is 14.3. The first-order valence-corrected chi connectivity index (χ1v) is 7.53. The number of hydrogen-bond donors (Lipinski definition) is 0. The molecule has 4 heteroatoms. The second kappa shape index (κ2) is 7.59. The first-order chi connectivity index (χ1) is 11.5. The van der Waals surface area contributed by atoms with Gasteiger partial charge in [-0.1, -0.05) is 36.4 Å². The van der Waals surface area contributed by atoms with Crippen molar-refractivity contribution in [1.29, 1.82) is 0 Å². The van der Waals surface area contributed by atoms with Gasteiger partial charge in [-0.15, -0.1) is 0 Å². The number of aryl methyl sites for hydroxylation is 1. The van der Waals surface area contributed by atoms with Crippen molar-refractivity contribution >= 4 is 18.0 Å². The maximum absolute atomic E-state index is 12.1. The van der Waals surface area contributed by atoms with Crippen LogP contribution in [0.5, 0.6) is 0 Å². The van der Waals surface area contributed by atoms with Gasteiger partial charge in [-0.3, -0.25) is 0 Å². The summed E-state index contributed by atoms with van der Waals surface area (Å²) < 4.78 is 9.64. The third-order valence-electron chi connectivity index (χ3n) is 3.81. The predicted molar refractivity (Wildman–Crippen MR) is 93.6 cm³/mol. The fourth-order valence-corrected chi connectivity index (χ4v) is 2.55. The number of rotatable bonds is 4. The van der Waals surface area contributed by atoms with Crippen molar-refractivity contribution in [2.75, 3.05) is 14.2 Å². The Morgan fingerprint density at radius 1 is 0.917 bits per heavy atom. The Morgan fingerprint density at radius 2 is 1.58 bits per heavy atom. The molecule has 0 aliphatic carbocycles. The van der Waals surface area contributed by atoms with E-state index in [4.69, 9.17) is 9.47 Å². The van der Waals surface area contributed by atoms with E-state index >= 15 is 0 Å². The van der Waals surface area contributed by atoms with Gasteiger partial charge in [0.1, 0.15) is 0 Å². The maximum Gasteiger partial charge on any atom is 0.338 e. The van der Waals surface area contributed by atoms with E-state index in [9.17, 15) is 9.59 Å². The van der Waals surface area contributed by atoms with Crippen molar-refractivity contribution in [3.8, 4) is 11.1 Å². The van der Waals surface area contributed by atoms with Crippen LogP contribution in [0.25, 0.3) is 17.2 Å². The molecule has 2 aromatic rings. The molecule has 124 valence electrons. The standard InChI is InChI=1S/C20H20O4/c1-13-8-7-11-16(18(13)12-14(2)19(21)23-3)15-9-5-6-10-17(15)20(22)24-4/h5-12H,1-4H3/b14-12+. The minimum Gasteiger partial charge on any atom is -0.466 e. The summed E-state index contributed by atoms with van der Waals surface area (Å²) in [7, 11) is 2.71. The molecule has 4 nitrogen and oxygen atoms in total. The van der Waals surface area contributed by atoms with Crippen molar-refractivity contribution in [2.45, 2.75) is 13.8 Å². The van der Waals surface area contributed by atoms with Gasteiger partial charge in [0.25, 0.3) is 0 Å². The minimum absolute atomic E-state index is 0.384. The molecule has 2 aromatic carbocycles. The molecule has 0 saturated heterocycles. The fourth-order valence-electron chi connectivity index (χ4n) is 2.55. The summed E-state index contributed by atoms with van der Waals surface area (Å²) in [4.78, 5) is 23.8. The van der Waals surface area contributed by atoms with E-state index in [2.05, 4.69) is 0 Å². The molecule has 0 N–H and O–H groups in total. The Hall–Kier alpha value is -2.88. The van der Waals surface area contributed by atoms with E-state index in [0.717, 1.165) is 22.3 Å². The van der Waals surface area contributed by atoms with Crippen LogP contribution in [0.3, 0.4) is 0 Å². The molecule has 0 saturated carbocycles. The topological polar surface area (TPSA) is 52.6 Å². The van der Waals surface area contributed by atoms with Gasteiger partial charge in [0.2, 0.25) is 0 Å². The highest BCUT2D eigenvalue weighted by Gasteiger charge is 2.16. The lowest BCUT2D eigenvalue weighted by Crippen LogP contribution is -2.05. The summed E-state index contributed by atoms with van der Waals surface area (Å²) >= 11 is 0. The van der Waals surface area contributed by atoms with Crippen LogP contribution in [0.2, 0.25) is 0 Å². The Labute approximate surface area is 141 Å². The molecule has 0 atom stereocenters. The summed E-state index contributed by atoms with van der Waals surface area (Å²) in [6.45, 7) is 3.66. The number of ether oxygens (including phenoxy) is 2. The lowest BCUT2D eigenvalue weighted by atomic mass is 9.91. The molecule has 0 radical (unpaired) electrons. The summed E-state index contributed by atoms with van der Waals surface area (Å²) in [6, 6.07) is 13.1. The lowest BCUT2D eigenvalue weighted by Gasteiger charge is -2.13. The molecule has 0 aromatic heterocycles. The first kappa shape index (κ1) is 17.5. The number of carbonyl (C=O) groups is 2. The van der Waals surface area contributed by atoms with Crippen LogP contribution in [-0.2, 0) is 14.3 Å². The first-order valence-electron chi connectivity index (χ1n) is 7.53. The van der Waals surface area contributed by atoms with E-state index < -0.39 is 5.97 Å². The highest BCUT2D eigenvalue weighted by molar-refractivity contribution is 6.00. The molecule has 0 unspecified atom stereocenters. The molecule has 0 aliphatic rings. The zero-order valence-electron chi connectivity index (χ0n) is 14.3. The molecule has 24 heavy (non-hydrogen) atoms. The highest BCUT2D eigenvalue weighted by atomic mass is 16.5. The molecule has 0 spiro atoms. The Morgan fingerprint density at radius 3 is 2.25 bits per heavy atom. The number of methoxy groups -OCH3 is 2. The average Bonchev–Trinajstić information content (AvgIpc) is 2.61. The minimum atomic E-state index is -0.397. The van der Waals surface area contributed by atoms with Gasteiger partial charge in [0.15, 0.2) is 0 Å². The average molecular weight is 324 g/mol. The van der Waals surface area contributed by atoms with Crippen LogP contribution in [0.1, 0.15) is 28.4 Å². The van der Waals surface area contributed by atoms with Crippen molar-refractivity contribution in [1.82, 2.24) is 0 Å². The van der Waals surface area contributed by atoms with Crippen LogP contribution in [0.4, 0.5) is 0 Å². The van der Waals surface area contributed by atoms with E-state index in [-0.39, 0.29) is 5.97 Å². The quantitative estimate of drug-likeness (QED) is 0.629. The van der Waals surface area contributed by atoms with Crippen LogP contribution >= 0.6 is 0 Å². The third kappa shape index (κ3) is 3.54. The summed E-state index contributed by atoms with van der Waals surface area (Å²) in [6.07, 6.45) is 1.78. The third-order valence-corrected chi connectivity index (χ3v) is 3.81. The normalized spacial score (nSPS) is 11.1. The monoisotopic (exact) mass is 324 g/mol. The van der Waals surface area contributed by atoms with Crippen molar-refractivity contribution < 1.29 is 19.1 Å². The van der Waals surface area contributed by atoms with Crippen LogP contribution in [0, 0.1) is 6.92 Å². The lowest BCUT2D eigenvalue weighted by molar-refractivity contribution is -0.135. The van der Waals surface area contributed by atoms with E-state index in [1.165, 1.54) is 14.2 Å². The largest absolute Gasteiger partial charge is 0.466 e. The van der Waals surface area contributed by atoms with Gasteiger partial charge >= 0.3 is 11.9 Å². The highest BCUT2D eigenvalue weighted by Crippen LogP contribution is 2.31. The number of esters is 2. The van der Waals surface area contributed by atoms with E-state index in [1.54, 1.807) is 25.1 Å². The van der Waals surface area contributed by atoms with E-state index in [0.29, 0.717) is 11.1 Å². The molecule has 0 fully saturated rings. The number of carbonyl (C=O) groups excluding carboxylic acids is 2. The van der Waals surface area contributed by atoms with Crippen molar-refractivity contribution in [3.05, 3.63) is 64.7 Å². The zero-order chi connectivity index (χ0) is 17.7. The number of hydrogen-bond acceptors (Lipinski definition) is 4. The molecule has 0 aliphatic heterocycles. The molecule has 2 rings (SSSR count). The fraction of sp³-hybridized carbons (Fsp3) is 0.200.